The monoisotopic (exact) mass is 312 g/mol. The van der Waals surface area contributed by atoms with Gasteiger partial charge in [-0.3, -0.25) is 9.88 Å². The van der Waals surface area contributed by atoms with Crippen LogP contribution in [0.5, 0.6) is 0 Å². The van der Waals surface area contributed by atoms with Crippen LogP contribution in [0, 0.1) is 5.92 Å². The zero-order chi connectivity index (χ0) is 16.1. The fourth-order valence-corrected chi connectivity index (χ4v) is 3.30. The third kappa shape index (κ3) is 3.96. The van der Waals surface area contributed by atoms with E-state index in [1.807, 2.05) is 19.3 Å². The van der Waals surface area contributed by atoms with Gasteiger partial charge in [-0.05, 0) is 37.8 Å². The molecule has 0 bridgehead atoms. The van der Waals surface area contributed by atoms with E-state index in [0.717, 1.165) is 37.6 Å². The first-order valence-electron chi connectivity index (χ1n) is 8.15. The first-order valence-corrected chi connectivity index (χ1v) is 8.15. The van der Waals surface area contributed by atoms with Crippen molar-refractivity contribution in [3.8, 4) is 0 Å². The minimum atomic E-state index is 0.564. The molecule has 0 aliphatic carbocycles. The number of nitrogens with one attached hydrogen (secondary N) is 1. The number of hydrogen-bond donors (Lipinski definition) is 2. The zero-order valence-electron chi connectivity index (χ0n) is 13.6. The molecule has 1 aliphatic rings. The lowest BCUT2D eigenvalue weighted by atomic mass is 9.93. The van der Waals surface area contributed by atoms with Crippen LogP contribution in [0.2, 0.25) is 0 Å². The van der Waals surface area contributed by atoms with Gasteiger partial charge in [-0.15, -0.1) is 0 Å². The predicted molar refractivity (Wildman–Crippen MR) is 91.9 cm³/mol. The van der Waals surface area contributed by atoms with Crippen molar-refractivity contribution in [3.63, 3.8) is 0 Å². The molecule has 3 heterocycles. The summed E-state index contributed by atoms with van der Waals surface area (Å²) in [6.45, 7) is 3.12. The number of nitrogens with zero attached hydrogens (tertiary/aromatic N) is 4. The largest absolute Gasteiger partial charge is 0.382 e. The summed E-state index contributed by atoms with van der Waals surface area (Å²) in [6, 6.07) is 4.14. The van der Waals surface area contributed by atoms with Crippen molar-refractivity contribution in [1.29, 1.82) is 0 Å². The second kappa shape index (κ2) is 7.37. The van der Waals surface area contributed by atoms with Crippen LogP contribution in [0.15, 0.2) is 30.7 Å². The van der Waals surface area contributed by atoms with Crippen molar-refractivity contribution in [3.05, 3.63) is 42.0 Å². The van der Waals surface area contributed by atoms with Gasteiger partial charge in [0.2, 0.25) is 0 Å². The average Bonchev–Trinajstić information content (AvgIpc) is 2.58. The minimum absolute atomic E-state index is 0.564. The van der Waals surface area contributed by atoms with Gasteiger partial charge in [0.05, 0.1) is 5.69 Å². The van der Waals surface area contributed by atoms with Crippen molar-refractivity contribution in [2.75, 3.05) is 31.2 Å². The number of likely N-dealkylation sites (tertiary alicyclic amines) is 1. The van der Waals surface area contributed by atoms with Crippen LogP contribution in [-0.2, 0) is 13.0 Å². The number of pyridine rings is 1. The molecule has 1 atom stereocenters. The molecule has 2 aromatic heterocycles. The van der Waals surface area contributed by atoms with E-state index < -0.39 is 0 Å². The summed E-state index contributed by atoms with van der Waals surface area (Å²) in [5.41, 5.74) is 8.10. The van der Waals surface area contributed by atoms with Crippen molar-refractivity contribution < 1.29 is 0 Å². The number of nitrogens with two attached hydrogens (primary N) is 1. The third-order valence-electron chi connectivity index (χ3n) is 4.41. The quantitative estimate of drug-likeness (QED) is 0.878. The smallest absolute Gasteiger partial charge is 0.145 e. The molecule has 23 heavy (non-hydrogen) atoms. The summed E-state index contributed by atoms with van der Waals surface area (Å²) in [7, 11) is 1.92. The Bertz CT molecular complexity index is 644. The van der Waals surface area contributed by atoms with E-state index >= 15 is 0 Å². The summed E-state index contributed by atoms with van der Waals surface area (Å²) in [4.78, 5) is 15.4. The Morgan fingerprint density at radius 3 is 2.96 bits per heavy atom. The molecule has 0 radical (unpaired) electrons. The van der Waals surface area contributed by atoms with E-state index in [1.165, 1.54) is 18.4 Å². The minimum Gasteiger partial charge on any atom is -0.382 e. The molecule has 1 saturated heterocycles. The molecule has 0 saturated carbocycles. The molecule has 6 heteroatoms. The highest BCUT2D eigenvalue weighted by Crippen LogP contribution is 2.24. The van der Waals surface area contributed by atoms with Crippen LogP contribution < -0.4 is 11.1 Å². The first-order chi connectivity index (χ1) is 11.3. The molecule has 1 aliphatic heterocycles. The summed E-state index contributed by atoms with van der Waals surface area (Å²) in [6.07, 6.45) is 8.53. The maximum Gasteiger partial charge on any atom is 0.145 e. The Hall–Kier alpha value is -2.21. The van der Waals surface area contributed by atoms with Crippen LogP contribution in [0.1, 0.15) is 24.1 Å². The summed E-state index contributed by atoms with van der Waals surface area (Å²) < 4.78 is 0. The second-order valence-electron chi connectivity index (χ2n) is 6.10. The van der Waals surface area contributed by atoms with Crippen LogP contribution in [0.4, 0.5) is 11.6 Å². The third-order valence-corrected chi connectivity index (χ3v) is 4.41. The van der Waals surface area contributed by atoms with E-state index in [0.29, 0.717) is 11.7 Å². The Morgan fingerprint density at radius 2 is 2.13 bits per heavy atom. The van der Waals surface area contributed by atoms with Crippen LogP contribution in [-0.4, -0.2) is 40.0 Å². The summed E-state index contributed by atoms with van der Waals surface area (Å²) in [5.74, 6) is 2.11. The lowest BCUT2D eigenvalue weighted by Gasteiger charge is -2.33. The number of anilines is 2. The molecule has 0 aromatic carbocycles. The molecular weight excluding hydrogens is 288 g/mol. The van der Waals surface area contributed by atoms with Crippen molar-refractivity contribution in [2.24, 2.45) is 5.92 Å². The normalized spacial score (nSPS) is 18.7. The van der Waals surface area contributed by atoms with E-state index in [9.17, 15) is 0 Å². The molecule has 3 rings (SSSR count). The maximum absolute atomic E-state index is 5.93. The SMILES string of the molecule is CNc1ncccc1CN1CCC[C@@H](Cc2nccnc2N)C1. The van der Waals surface area contributed by atoms with Crippen molar-refractivity contribution in [2.45, 2.75) is 25.8 Å². The van der Waals surface area contributed by atoms with E-state index in [1.54, 1.807) is 12.4 Å². The second-order valence-corrected chi connectivity index (χ2v) is 6.10. The highest BCUT2D eigenvalue weighted by molar-refractivity contribution is 5.42. The van der Waals surface area contributed by atoms with Gasteiger partial charge in [0.25, 0.3) is 0 Å². The maximum atomic E-state index is 5.93. The number of nitrogen functional groups attached to an aromatic ring is 1. The molecule has 0 spiro atoms. The molecule has 3 N–H and O–H groups in total. The molecule has 1 fully saturated rings. The van der Waals surface area contributed by atoms with Gasteiger partial charge >= 0.3 is 0 Å². The highest BCUT2D eigenvalue weighted by Gasteiger charge is 2.22. The molecule has 6 nitrogen and oxygen atoms in total. The molecule has 122 valence electrons. The zero-order valence-corrected chi connectivity index (χ0v) is 13.6. The van der Waals surface area contributed by atoms with Gasteiger partial charge < -0.3 is 11.1 Å². The van der Waals surface area contributed by atoms with Crippen LogP contribution >= 0.6 is 0 Å². The Kier molecular flexibility index (Phi) is 5.02. The molecule has 0 unspecified atom stereocenters. The van der Waals surface area contributed by atoms with Gasteiger partial charge in [-0.1, -0.05) is 6.07 Å². The van der Waals surface area contributed by atoms with Gasteiger partial charge in [0.1, 0.15) is 11.6 Å². The Balaban J connectivity index is 1.63. The number of aromatic nitrogens is 3. The van der Waals surface area contributed by atoms with Crippen LogP contribution in [0.25, 0.3) is 0 Å². The molecular formula is C17H24N6. The number of hydrogen-bond acceptors (Lipinski definition) is 6. The van der Waals surface area contributed by atoms with Gasteiger partial charge in [-0.2, -0.15) is 0 Å². The van der Waals surface area contributed by atoms with E-state index in [-0.39, 0.29) is 0 Å². The lowest BCUT2D eigenvalue weighted by Crippen LogP contribution is -2.36. The average molecular weight is 312 g/mol. The first kappa shape index (κ1) is 15.7. The standard InChI is InChI=1S/C17H24N6/c1-19-17-14(5-2-6-22-17)12-23-9-3-4-13(11-23)10-15-16(18)21-8-7-20-15/h2,5-8,13H,3-4,9-12H2,1H3,(H2,18,21)(H,19,22)/t13-/m0/s1. The van der Waals surface area contributed by atoms with Gasteiger partial charge in [-0.25, -0.2) is 9.97 Å². The van der Waals surface area contributed by atoms with Crippen LogP contribution in [0.3, 0.4) is 0 Å². The summed E-state index contributed by atoms with van der Waals surface area (Å²) in [5, 5.41) is 3.17. The number of piperidine rings is 1. The Morgan fingerprint density at radius 1 is 1.26 bits per heavy atom. The van der Waals surface area contributed by atoms with E-state index in [4.69, 9.17) is 5.73 Å². The highest BCUT2D eigenvalue weighted by atomic mass is 15.1. The topological polar surface area (TPSA) is 80.0 Å². The Labute approximate surface area is 137 Å². The lowest BCUT2D eigenvalue weighted by molar-refractivity contribution is 0.166. The number of rotatable bonds is 5. The fourth-order valence-electron chi connectivity index (χ4n) is 3.30. The predicted octanol–water partition coefficient (Wildman–Crippen LogP) is 1.95. The van der Waals surface area contributed by atoms with Crippen molar-refractivity contribution >= 4 is 11.6 Å². The molecule has 2 aromatic rings. The van der Waals surface area contributed by atoms with Gasteiger partial charge in [0.15, 0.2) is 0 Å². The van der Waals surface area contributed by atoms with E-state index in [2.05, 4.69) is 31.2 Å². The summed E-state index contributed by atoms with van der Waals surface area (Å²) >= 11 is 0. The fraction of sp³-hybridized carbons (Fsp3) is 0.471. The van der Waals surface area contributed by atoms with Gasteiger partial charge in [0, 0.05) is 44.3 Å². The molecule has 0 amide bonds. The van der Waals surface area contributed by atoms with Crippen molar-refractivity contribution in [1.82, 2.24) is 19.9 Å².